The van der Waals surface area contributed by atoms with Crippen molar-refractivity contribution in [2.24, 2.45) is 0 Å². The number of sulfonamides is 1. The Morgan fingerprint density at radius 3 is 2.30 bits per heavy atom. The van der Waals surface area contributed by atoms with Crippen LogP contribution in [0, 0.1) is 5.82 Å². The highest BCUT2D eigenvalue weighted by atomic mass is 32.2. The topological polar surface area (TPSA) is 69.7 Å². The molecule has 2 aliphatic rings. The second-order valence-electron chi connectivity index (χ2n) is 7.91. The predicted molar refractivity (Wildman–Crippen MR) is 113 cm³/mol. The van der Waals surface area contributed by atoms with Crippen molar-refractivity contribution in [2.75, 3.05) is 30.9 Å². The number of hydrogen-bond donors (Lipinski definition) is 1. The fourth-order valence-corrected chi connectivity index (χ4v) is 5.37. The van der Waals surface area contributed by atoms with Crippen LogP contribution in [0.3, 0.4) is 0 Å². The van der Waals surface area contributed by atoms with E-state index in [0.29, 0.717) is 24.7 Å². The highest BCUT2D eigenvalue weighted by Gasteiger charge is 2.28. The first-order valence-corrected chi connectivity index (χ1v) is 11.8. The van der Waals surface area contributed by atoms with Gasteiger partial charge in [0, 0.05) is 43.5 Å². The summed E-state index contributed by atoms with van der Waals surface area (Å²) in [4.78, 5) is 17.2. The van der Waals surface area contributed by atoms with Crippen LogP contribution in [0.5, 0.6) is 0 Å². The van der Waals surface area contributed by atoms with Crippen molar-refractivity contribution in [3.05, 3.63) is 59.9 Å². The van der Waals surface area contributed by atoms with Crippen LogP contribution in [0.15, 0.2) is 53.4 Å². The zero-order chi connectivity index (χ0) is 21.1. The molecule has 0 atom stereocenters. The molecule has 0 aromatic heterocycles. The smallest absolute Gasteiger partial charge is 0.261 e. The molecule has 30 heavy (non-hydrogen) atoms. The van der Waals surface area contributed by atoms with Crippen molar-refractivity contribution in [1.82, 2.24) is 9.80 Å². The lowest BCUT2D eigenvalue weighted by Gasteiger charge is -2.38. The second kappa shape index (κ2) is 8.73. The van der Waals surface area contributed by atoms with Crippen molar-refractivity contribution < 1.29 is 17.6 Å². The van der Waals surface area contributed by atoms with E-state index in [2.05, 4.69) is 9.62 Å². The summed E-state index contributed by atoms with van der Waals surface area (Å²) in [6.45, 7) is 3.03. The van der Waals surface area contributed by atoms with Gasteiger partial charge in [0.15, 0.2) is 0 Å². The molecule has 0 radical (unpaired) electrons. The fourth-order valence-electron chi connectivity index (χ4n) is 4.27. The quantitative estimate of drug-likeness (QED) is 0.789. The number of rotatable bonds is 5. The first kappa shape index (κ1) is 20.8. The monoisotopic (exact) mass is 431 g/mol. The predicted octanol–water partition coefficient (Wildman–Crippen LogP) is 3.33. The van der Waals surface area contributed by atoms with Crippen LogP contribution < -0.4 is 4.72 Å². The highest BCUT2D eigenvalue weighted by molar-refractivity contribution is 7.92. The lowest BCUT2D eigenvalue weighted by molar-refractivity contribution is 0.0573. The summed E-state index contributed by atoms with van der Waals surface area (Å²) in [5.74, 6) is -0.599. The van der Waals surface area contributed by atoms with Crippen LogP contribution in [0.25, 0.3) is 0 Å². The highest BCUT2D eigenvalue weighted by Crippen LogP contribution is 2.25. The summed E-state index contributed by atoms with van der Waals surface area (Å²) in [6, 6.07) is 11.8. The molecule has 1 N–H and O–H groups in total. The van der Waals surface area contributed by atoms with Crippen LogP contribution >= 0.6 is 0 Å². The maximum Gasteiger partial charge on any atom is 0.261 e. The molecule has 8 heteroatoms. The average Bonchev–Trinajstić information content (AvgIpc) is 3.30. The summed E-state index contributed by atoms with van der Waals surface area (Å²) < 4.78 is 40.9. The first-order valence-electron chi connectivity index (χ1n) is 10.3. The normalized spacial score (nSPS) is 18.5. The number of halogens is 1. The van der Waals surface area contributed by atoms with Crippen molar-refractivity contribution in [3.8, 4) is 0 Å². The number of piperazine rings is 1. The van der Waals surface area contributed by atoms with Crippen LogP contribution in [-0.4, -0.2) is 56.3 Å². The minimum absolute atomic E-state index is 0.00210. The average molecular weight is 432 g/mol. The SMILES string of the molecule is O=C(c1cccc(S(=O)(=O)Nc2ccc(F)cc2)c1)N1CCN(C2CCCC2)CC1. The van der Waals surface area contributed by atoms with E-state index in [1.807, 2.05) is 0 Å². The Morgan fingerprint density at radius 2 is 1.63 bits per heavy atom. The van der Waals surface area contributed by atoms with Crippen molar-refractivity contribution >= 4 is 21.6 Å². The summed E-state index contributed by atoms with van der Waals surface area (Å²) >= 11 is 0. The number of amides is 1. The third-order valence-electron chi connectivity index (χ3n) is 5.93. The Kier molecular flexibility index (Phi) is 6.06. The maximum absolute atomic E-state index is 13.1. The minimum Gasteiger partial charge on any atom is -0.336 e. The summed E-state index contributed by atoms with van der Waals surface area (Å²) in [6.07, 6.45) is 5.07. The summed E-state index contributed by atoms with van der Waals surface area (Å²) in [7, 11) is -3.88. The van der Waals surface area contributed by atoms with Crippen molar-refractivity contribution in [1.29, 1.82) is 0 Å². The molecule has 2 aromatic carbocycles. The van der Waals surface area contributed by atoms with Gasteiger partial charge < -0.3 is 4.90 Å². The summed E-state index contributed by atoms with van der Waals surface area (Å²) in [5, 5.41) is 0. The number of nitrogens with zero attached hydrogens (tertiary/aromatic N) is 2. The maximum atomic E-state index is 13.1. The Hall–Kier alpha value is -2.45. The first-order chi connectivity index (χ1) is 14.4. The van der Waals surface area contributed by atoms with E-state index < -0.39 is 15.8 Å². The molecule has 6 nitrogen and oxygen atoms in total. The lowest BCUT2D eigenvalue weighted by atomic mass is 10.1. The zero-order valence-corrected chi connectivity index (χ0v) is 17.6. The number of hydrogen-bond acceptors (Lipinski definition) is 4. The molecule has 2 fully saturated rings. The van der Waals surface area contributed by atoms with Gasteiger partial charge in [-0.15, -0.1) is 0 Å². The molecule has 2 aromatic rings. The van der Waals surface area contributed by atoms with E-state index in [4.69, 9.17) is 0 Å². The Bertz CT molecular complexity index is 997. The van der Waals surface area contributed by atoms with Gasteiger partial charge in [-0.25, -0.2) is 12.8 Å². The largest absolute Gasteiger partial charge is 0.336 e. The number of carbonyl (C=O) groups excluding carboxylic acids is 1. The molecular weight excluding hydrogens is 405 g/mol. The number of anilines is 1. The standard InChI is InChI=1S/C22H26FN3O3S/c23-18-8-10-19(11-9-18)24-30(28,29)21-7-3-4-17(16-21)22(27)26-14-12-25(13-15-26)20-5-1-2-6-20/h3-4,7-11,16,20,24H,1-2,5-6,12-15H2. The third kappa shape index (κ3) is 4.65. The van der Waals surface area contributed by atoms with Crippen LogP contribution in [0.1, 0.15) is 36.0 Å². The van der Waals surface area contributed by atoms with Crippen molar-refractivity contribution in [3.63, 3.8) is 0 Å². The molecule has 1 amide bonds. The molecule has 160 valence electrons. The third-order valence-corrected chi connectivity index (χ3v) is 7.31. The minimum atomic E-state index is -3.88. The van der Waals surface area contributed by atoms with Gasteiger partial charge in [0.05, 0.1) is 4.90 Å². The van der Waals surface area contributed by atoms with Gasteiger partial charge in [0.1, 0.15) is 5.82 Å². The van der Waals surface area contributed by atoms with E-state index in [1.165, 1.54) is 62.1 Å². The molecular formula is C22H26FN3O3S. The van der Waals surface area contributed by atoms with Gasteiger partial charge in [-0.3, -0.25) is 14.4 Å². The van der Waals surface area contributed by atoms with Gasteiger partial charge in [-0.2, -0.15) is 0 Å². The number of benzene rings is 2. The molecule has 0 unspecified atom stereocenters. The molecule has 1 saturated heterocycles. The zero-order valence-electron chi connectivity index (χ0n) is 16.8. The Morgan fingerprint density at radius 1 is 0.967 bits per heavy atom. The molecule has 1 aliphatic heterocycles. The fraction of sp³-hybridized carbons (Fsp3) is 0.409. The van der Waals surface area contributed by atoms with Gasteiger partial charge in [0.2, 0.25) is 0 Å². The molecule has 1 aliphatic carbocycles. The van der Waals surface area contributed by atoms with Gasteiger partial charge in [-0.1, -0.05) is 18.9 Å². The second-order valence-corrected chi connectivity index (χ2v) is 9.59. The van der Waals surface area contributed by atoms with Crippen LogP contribution in [0.2, 0.25) is 0 Å². The lowest BCUT2D eigenvalue weighted by Crippen LogP contribution is -2.51. The van der Waals surface area contributed by atoms with E-state index in [1.54, 1.807) is 17.0 Å². The Balaban J connectivity index is 1.43. The van der Waals surface area contributed by atoms with Crippen LogP contribution in [-0.2, 0) is 10.0 Å². The number of nitrogens with one attached hydrogen (secondary N) is 1. The van der Waals surface area contributed by atoms with E-state index >= 15 is 0 Å². The van der Waals surface area contributed by atoms with Crippen LogP contribution in [0.4, 0.5) is 10.1 Å². The van der Waals surface area contributed by atoms with Gasteiger partial charge in [-0.05, 0) is 55.3 Å². The van der Waals surface area contributed by atoms with E-state index in [-0.39, 0.29) is 16.5 Å². The van der Waals surface area contributed by atoms with Crippen molar-refractivity contribution in [2.45, 2.75) is 36.6 Å². The van der Waals surface area contributed by atoms with E-state index in [9.17, 15) is 17.6 Å². The van der Waals surface area contributed by atoms with E-state index in [0.717, 1.165) is 13.1 Å². The van der Waals surface area contributed by atoms with Gasteiger partial charge in [0.25, 0.3) is 15.9 Å². The molecule has 1 saturated carbocycles. The summed E-state index contributed by atoms with van der Waals surface area (Å²) in [5.41, 5.74) is 0.613. The molecule has 1 heterocycles. The molecule has 0 spiro atoms. The molecule has 4 rings (SSSR count). The van der Waals surface area contributed by atoms with Gasteiger partial charge >= 0.3 is 0 Å². The molecule has 0 bridgehead atoms. The number of carbonyl (C=O) groups is 1. The Labute approximate surface area is 176 Å².